The molecule has 0 heterocycles. The van der Waals surface area contributed by atoms with Crippen LogP contribution in [0.2, 0.25) is 0 Å². The van der Waals surface area contributed by atoms with Crippen LogP contribution < -0.4 is 15.0 Å². The molecule has 1 saturated carbocycles. The van der Waals surface area contributed by atoms with Crippen molar-refractivity contribution in [2.75, 3.05) is 7.11 Å². The number of non-ortho nitro benzene ring substituents is 1. The van der Waals surface area contributed by atoms with Crippen molar-refractivity contribution in [3.8, 4) is 5.75 Å². The van der Waals surface area contributed by atoms with Crippen molar-refractivity contribution >= 4 is 21.6 Å². The minimum absolute atomic E-state index is 0.0613. The second kappa shape index (κ2) is 5.66. The number of benzene rings is 1. The van der Waals surface area contributed by atoms with Crippen molar-refractivity contribution in [1.82, 2.24) is 10.3 Å². The summed E-state index contributed by atoms with van der Waals surface area (Å²) in [5.74, 6) is -0.670. The van der Waals surface area contributed by atoms with Gasteiger partial charge in [0.05, 0.1) is 12.0 Å². The predicted octanol–water partition coefficient (Wildman–Crippen LogP) is 0.323. The Labute approximate surface area is 120 Å². The van der Waals surface area contributed by atoms with E-state index in [0.29, 0.717) is 12.8 Å². The van der Waals surface area contributed by atoms with Gasteiger partial charge in [0.1, 0.15) is 10.6 Å². The minimum atomic E-state index is -4.17. The first-order valence-corrected chi connectivity index (χ1v) is 7.47. The third-order valence-electron chi connectivity index (χ3n) is 2.90. The van der Waals surface area contributed by atoms with E-state index in [2.05, 4.69) is 5.43 Å². The van der Waals surface area contributed by atoms with E-state index in [-0.39, 0.29) is 11.7 Å². The van der Waals surface area contributed by atoms with Gasteiger partial charge in [-0.05, 0) is 18.9 Å². The fourth-order valence-corrected chi connectivity index (χ4v) is 2.65. The molecule has 0 aromatic heterocycles. The number of carbonyl (C=O) groups is 1. The molecule has 0 bridgehead atoms. The summed E-state index contributed by atoms with van der Waals surface area (Å²) >= 11 is 0. The van der Waals surface area contributed by atoms with Crippen LogP contribution in [-0.2, 0) is 14.8 Å². The average molecular weight is 315 g/mol. The lowest BCUT2D eigenvalue weighted by Gasteiger charge is -2.11. The fraction of sp³-hybridized carbons (Fsp3) is 0.364. The molecule has 0 spiro atoms. The van der Waals surface area contributed by atoms with Crippen LogP contribution in [0.4, 0.5) is 5.69 Å². The normalized spacial score (nSPS) is 14.5. The lowest BCUT2D eigenvalue weighted by atomic mass is 10.3. The second-order valence-electron chi connectivity index (χ2n) is 4.46. The van der Waals surface area contributed by atoms with Crippen molar-refractivity contribution in [2.24, 2.45) is 5.92 Å². The molecule has 2 rings (SSSR count). The van der Waals surface area contributed by atoms with Gasteiger partial charge in [0.25, 0.3) is 15.7 Å². The molecule has 0 atom stereocenters. The van der Waals surface area contributed by atoms with Gasteiger partial charge in [-0.25, -0.2) is 8.42 Å². The Morgan fingerprint density at radius 1 is 1.43 bits per heavy atom. The molecule has 1 aliphatic carbocycles. The van der Waals surface area contributed by atoms with Crippen molar-refractivity contribution < 1.29 is 22.9 Å². The summed E-state index contributed by atoms with van der Waals surface area (Å²) in [6.07, 6.45) is 1.43. The van der Waals surface area contributed by atoms with E-state index in [0.717, 1.165) is 12.1 Å². The third-order valence-corrected chi connectivity index (χ3v) is 4.17. The molecule has 114 valence electrons. The summed E-state index contributed by atoms with van der Waals surface area (Å²) in [4.78, 5) is 22.9. The maximum absolute atomic E-state index is 12.1. The molecule has 1 fully saturated rings. The number of hydrogen-bond acceptors (Lipinski definition) is 6. The van der Waals surface area contributed by atoms with Crippen molar-refractivity contribution in [1.29, 1.82) is 0 Å². The minimum Gasteiger partial charge on any atom is -0.495 e. The Kier molecular flexibility index (Phi) is 4.09. The molecule has 1 aromatic rings. The lowest BCUT2D eigenvalue weighted by molar-refractivity contribution is -0.385. The zero-order chi connectivity index (χ0) is 15.6. The van der Waals surface area contributed by atoms with Gasteiger partial charge >= 0.3 is 0 Å². The van der Waals surface area contributed by atoms with E-state index in [1.165, 1.54) is 13.2 Å². The Morgan fingerprint density at radius 3 is 2.62 bits per heavy atom. The summed E-state index contributed by atoms with van der Waals surface area (Å²) in [5, 5.41) is 10.7. The second-order valence-corrected chi connectivity index (χ2v) is 6.11. The van der Waals surface area contributed by atoms with E-state index in [9.17, 15) is 23.3 Å². The maximum atomic E-state index is 12.1. The molecule has 1 aromatic carbocycles. The van der Waals surface area contributed by atoms with Gasteiger partial charge in [0, 0.05) is 18.1 Å². The quantitative estimate of drug-likeness (QED) is 0.575. The van der Waals surface area contributed by atoms with Crippen molar-refractivity contribution in [3.63, 3.8) is 0 Å². The van der Waals surface area contributed by atoms with E-state index in [1.54, 1.807) is 0 Å². The SMILES string of the molecule is COc1ccc([N+](=O)[O-])cc1S(=O)(=O)NNC(=O)C1CC1. The predicted molar refractivity (Wildman–Crippen MR) is 70.8 cm³/mol. The van der Waals surface area contributed by atoms with Crippen LogP contribution in [0.25, 0.3) is 0 Å². The van der Waals surface area contributed by atoms with Gasteiger partial charge in [-0.2, -0.15) is 0 Å². The third kappa shape index (κ3) is 3.47. The largest absolute Gasteiger partial charge is 0.495 e. The highest BCUT2D eigenvalue weighted by Crippen LogP contribution is 2.29. The van der Waals surface area contributed by atoms with Crippen LogP contribution in [0.15, 0.2) is 23.1 Å². The van der Waals surface area contributed by atoms with E-state index >= 15 is 0 Å². The number of ether oxygens (including phenoxy) is 1. The van der Waals surface area contributed by atoms with E-state index in [1.807, 2.05) is 4.83 Å². The molecule has 10 heteroatoms. The standard InChI is InChI=1S/C11H13N3O6S/c1-20-9-5-4-8(14(16)17)6-10(9)21(18,19)13-12-11(15)7-2-3-7/h4-7,13H,2-3H2,1H3,(H,12,15). The van der Waals surface area contributed by atoms with Gasteiger partial charge in [-0.1, -0.05) is 0 Å². The van der Waals surface area contributed by atoms with Crippen LogP contribution in [0.1, 0.15) is 12.8 Å². The highest BCUT2D eigenvalue weighted by atomic mass is 32.2. The summed E-state index contributed by atoms with van der Waals surface area (Å²) in [6.45, 7) is 0. The van der Waals surface area contributed by atoms with Crippen LogP contribution in [0, 0.1) is 16.0 Å². The Balaban J connectivity index is 2.26. The molecule has 0 aliphatic heterocycles. The van der Waals surface area contributed by atoms with E-state index in [4.69, 9.17) is 4.74 Å². The number of nitrogens with zero attached hydrogens (tertiary/aromatic N) is 1. The number of methoxy groups -OCH3 is 1. The average Bonchev–Trinajstić information content (AvgIpc) is 3.28. The molecular formula is C11H13N3O6S. The Hall–Kier alpha value is -2.20. The molecule has 0 radical (unpaired) electrons. The summed E-state index contributed by atoms with van der Waals surface area (Å²) in [6, 6.07) is 3.17. The number of carbonyl (C=O) groups excluding carboxylic acids is 1. The highest BCUT2D eigenvalue weighted by molar-refractivity contribution is 7.89. The maximum Gasteiger partial charge on any atom is 0.271 e. The van der Waals surface area contributed by atoms with E-state index < -0.39 is 31.4 Å². The van der Waals surface area contributed by atoms with Crippen LogP contribution in [-0.4, -0.2) is 26.4 Å². The lowest BCUT2D eigenvalue weighted by Crippen LogP contribution is -2.42. The van der Waals surface area contributed by atoms with Crippen LogP contribution >= 0.6 is 0 Å². The summed E-state index contributed by atoms with van der Waals surface area (Å²) in [5.41, 5.74) is 1.68. The fourth-order valence-electron chi connectivity index (χ4n) is 1.61. The van der Waals surface area contributed by atoms with Crippen molar-refractivity contribution in [3.05, 3.63) is 28.3 Å². The van der Waals surface area contributed by atoms with Crippen LogP contribution in [0.3, 0.4) is 0 Å². The number of nitrogens with one attached hydrogen (secondary N) is 2. The topological polar surface area (TPSA) is 128 Å². The number of nitro groups is 1. The molecule has 0 unspecified atom stereocenters. The molecular weight excluding hydrogens is 302 g/mol. The van der Waals surface area contributed by atoms with Gasteiger partial charge in [-0.15, -0.1) is 4.83 Å². The zero-order valence-corrected chi connectivity index (χ0v) is 11.8. The Morgan fingerprint density at radius 2 is 2.10 bits per heavy atom. The van der Waals surface area contributed by atoms with Crippen LogP contribution in [0.5, 0.6) is 5.75 Å². The Bertz CT molecular complexity index is 683. The first kappa shape index (κ1) is 15.2. The van der Waals surface area contributed by atoms with Gasteiger partial charge < -0.3 is 4.74 Å². The molecule has 2 N–H and O–H groups in total. The summed E-state index contributed by atoms with van der Waals surface area (Å²) in [7, 11) is -2.93. The highest BCUT2D eigenvalue weighted by Gasteiger charge is 2.31. The molecule has 1 aliphatic rings. The molecule has 9 nitrogen and oxygen atoms in total. The number of sulfonamides is 1. The molecule has 21 heavy (non-hydrogen) atoms. The first-order valence-electron chi connectivity index (χ1n) is 5.99. The zero-order valence-electron chi connectivity index (χ0n) is 11.0. The number of amides is 1. The van der Waals surface area contributed by atoms with Gasteiger partial charge in [0.15, 0.2) is 0 Å². The van der Waals surface area contributed by atoms with Gasteiger partial charge in [-0.3, -0.25) is 20.3 Å². The smallest absolute Gasteiger partial charge is 0.271 e. The molecule has 0 saturated heterocycles. The number of nitro benzene ring substituents is 1. The van der Waals surface area contributed by atoms with Crippen molar-refractivity contribution in [2.45, 2.75) is 17.7 Å². The number of hydrazine groups is 1. The molecule has 1 amide bonds. The first-order chi connectivity index (χ1) is 9.85. The monoisotopic (exact) mass is 315 g/mol. The summed E-state index contributed by atoms with van der Waals surface area (Å²) < 4.78 is 29.1. The van der Waals surface area contributed by atoms with Gasteiger partial charge in [0.2, 0.25) is 5.91 Å². The number of rotatable bonds is 6. The number of hydrogen-bond donors (Lipinski definition) is 2.